The molecule has 2 amide bonds. The Kier molecular flexibility index (Phi) is 5.43. The van der Waals surface area contributed by atoms with Gasteiger partial charge in [0.2, 0.25) is 17.7 Å². The van der Waals surface area contributed by atoms with Gasteiger partial charge in [0.05, 0.1) is 12.1 Å². The molecule has 2 aliphatic rings. The van der Waals surface area contributed by atoms with Gasteiger partial charge < -0.3 is 14.5 Å². The molecule has 1 aromatic heterocycles. The summed E-state index contributed by atoms with van der Waals surface area (Å²) < 4.78 is 5.83. The molecule has 2 saturated heterocycles. The second-order valence-corrected chi connectivity index (χ2v) is 7.50. The van der Waals surface area contributed by atoms with E-state index in [2.05, 4.69) is 9.97 Å². The average molecular weight is 401 g/mol. The zero-order valence-electron chi connectivity index (χ0n) is 15.3. The molecule has 2 aliphatic heterocycles. The van der Waals surface area contributed by atoms with E-state index in [-0.39, 0.29) is 30.3 Å². The molecule has 4 rings (SSSR count). The molecule has 2 aromatic rings. The van der Waals surface area contributed by atoms with Crippen LogP contribution in [0.15, 0.2) is 42.9 Å². The van der Waals surface area contributed by atoms with Gasteiger partial charge in [0, 0.05) is 62.0 Å². The van der Waals surface area contributed by atoms with Gasteiger partial charge in [-0.15, -0.1) is 0 Å². The summed E-state index contributed by atoms with van der Waals surface area (Å²) in [6, 6.07) is 7.12. The lowest BCUT2D eigenvalue weighted by Crippen LogP contribution is -2.45. The highest BCUT2D eigenvalue weighted by Gasteiger charge is 2.38. The Morgan fingerprint density at radius 2 is 1.89 bits per heavy atom. The van der Waals surface area contributed by atoms with Gasteiger partial charge in [-0.05, 0) is 24.3 Å². The van der Waals surface area contributed by atoms with E-state index < -0.39 is 0 Å². The van der Waals surface area contributed by atoms with Crippen LogP contribution in [-0.2, 0) is 9.59 Å². The van der Waals surface area contributed by atoms with Gasteiger partial charge in [-0.2, -0.15) is 0 Å². The third-order valence-electron chi connectivity index (χ3n) is 5.19. The number of ether oxygens (including phenoxy) is 1. The summed E-state index contributed by atoms with van der Waals surface area (Å²) in [5.41, 5.74) is 0.778. The Bertz CT molecular complexity index is 838. The predicted octanol–water partition coefficient (Wildman–Crippen LogP) is 2.55. The second kappa shape index (κ2) is 8.14. The molecule has 0 unspecified atom stereocenters. The van der Waals surface area contributed by atoms with Crippen LogP contribution in [0.3, 0.4) is 0 Å². The van der Waals surface area contributed by atoms with E-state index in [4.69, 9.17) is 16.3 Å². The monoisotopic (exact) mass is 400 g/mol. The standard InChI is InChI=1S/C20H21ClN4O3/c21-15-1-3-16(4-2-15)25-13-14(11-19(25)26)20(27)24-9-5-17(6-10-24)28-18-12-22-7-8-23-18/h1-4,7-8,12,14,17H,5-6,9-11,13H2/t14-/m1/s1. The lowest BCUT2D eigenvalue weighted by Gasteiger charge is -2.33. The van der Waals surface area contributed by atoms with Crippen LogP contribution >= 0.6 is 11.6 Å². The molecule has 146 valence electrons. The van der Waals surface area contributed by atoms with E-state index in [0.717, 1.165) is 18.5 Å². The van der Waals surface area contributed by atoms with E-state index in [0.29, 0.717) is 30.5 Å². The number of hydrogen-bond acceptors (Lipinski definition) is 5. The fourth-order valence-corrected chi connectivity index (χ4v) is 3.84. The number of amides is 2. The largest absolute Gasteiger partial charge is 0.473 e. The van der Waals surface area contributed by atoms with Crippen LogP contribution in [0.25, 0.3) is 0 Å². The van der Waals surface area contributed by atoms with Gasteiger partial charge in [0.25, 0.3) is 0 Å². The summed E-state index contributed by atoms with van der Waals surface area (Å²) in [6.07, 6.45) is 6.54. The summed E-state index contributed by atoms with van der Waals surface area (Å²) in [6.45, 7) is 1.65. The fourth-order valence-electron chi connectivity index (χ4n) is 3.71. The molecule has 8 heteroatoms. The van der Waals surface area contributed by atoms with Gasteiger partial charge in [0.1, 0.15) is 6.10 Å². The number of anilines is 1. The quantitative estimate of drug-likeness (QED) is 0.788. The highest BCUT2D eigenvalue weighted by atomic mass is 35.5. The van der Waals surface area contributed by atoms with Gasteiger partial charge >= 0.3 is 0 Å². The highest BCUT2D eigenvalue weighted by Crippen LogP contribution is 2.28. The molecule has 7 nitrogen and oxygen atoms in total. The Labute approximate surface area is 168 Å². The molecule has 0 radical (unpaired) electrons. The number of piperidine rings is 1. The van der Waals surface area contributed by atoms with Gasteiger partial charge in [-0.3, -0.25) is 14.6 Å². The first-order valence-corrected chi connectivity index (χ1v) is 9.75. The van der Waals surface area contributed by atoms with Gasteiger partial charge in [-0.25, -0.2) is 4.98 Å². The molecule has 1 atom stereocenters. The third-order valence-corrected chi connectivity index (χ3v) is 5.45. The van der Waals surface area contributed by atoms with Crippen molar-refractivity contribution in [3.05, 3.63) is 47.9 Å². The molecular weight excluding hydrogens is 380 g/mol. The van der Waals surface area contributed by atoms with E-state index in [9.17, 15) is 9.59 Å². The highest BCUT2D eigenvalue weighted by molar-refractivity contribution is 6.30. The molecule has 28 heavy (non-hydrogen) atoms. The Morgan fingerprint density at radius 3 is 2.57 bits per heavy atom. The zero-order chi connectivity index (χ0) is 19.5. The Morgan fingerprint density at radius 1 is 1.14 bits per heavy atom. The lowest BCUT2D eigenvalue weighted by molar-refractivity contribution is -0.137. The average Bonchev–Trinajstić information content (AvgIpc) is 3.11. The fraction of sp³-hybridized carbons (Fsp3) is 0.400. The normalized spacial score (nSPS) is 20.5. The number of aromatic nitrogens is 2. The molecule has 0 aliphatic carbocycles. The van der Waals surface area contributed by atoms with Crippen molar-refractivity contribution in [2.24, 2.45) is 5.92 Å². The molecular formula is C20H21ClN4O3. The third kappa shape index (κ3) is 4.09. The predicted molar refractivity (Wildman–Crippen MR) is 104 cm³/mol. The number of rotatable bonds is 4. The first-order chi connectivity index (χ1) is 13.6. The van der Waals surface area contributed by atoms with Crippen molar-refractivity contribution in [1.82, 2.24) is 14.9 Å². The van der Waals surface area contributed by atoms with Crippen LogP contribution in [0.5, 0.6) is 5.88 Å². The van der Waals surface area contributed by atoms with Crippen molar-refractivity contribution < 1.29 is 14.3 Å². The molecule has 0 saturated carbocycles. The van der Waals surface area contributed by atoms with Crippen LogP contribution in [0.1, 0.15) is 19.3 Å². The topological polar surface area (TPSA) is 75.6 Å². The summed E-state index contributed by atoms with van der Waals surface area (Å²) in [5, 5.41) is 0.620. The number of carbonyl (C=O) groups excluding carboxylic acids is 2. The van der Waals surface area contributed by atoms with E-state index in [1.807, 2.05) is 17.0 Å². The van der Waals surface area contributed by atoms with Crippen molar-refractivity contribution >= 4 is 29.1 Å². The van der Waals surface area contributed by atoms with Crippen LogP contribution in [0, 0.1) is 5.92 Å². The maximum absolute atomic E-state index is 12.9. The smallest absolute Gasteiger partial charge is 0.232 e. The summed E-state index contributed by atoms with van der Waals surface area (Å²) in [7, 11) is 0. The van der Waals surface area contributed by atoms with Gasteiger partial charge in [-0.1, -0.05) is 11.6 Å². The summed E-state index contributed by atoms with van der Waals surface area (Å²) >= 11 is 5.92. The van der Waals surface area contributed by atoms with E-state index >= 15 is 0 Å². The Hall–Kier alpha value is -2.67. The maximum atomic E-state index is 12.9. The van der Waals surface area contributed by atoms with Crippen LogP contribution in [0.2, 0.25) is 5.02 Å². The summed E-state index contributed by atoms with van der Waals surface area (Å²) in [4.78, 5) is 36.9. The lowest BCUT2D eigenvalue weighted by atomic mass is 10.0. The molecule has 2 fully saturated rings. The number of carbonyl (C=O) groups is 2. The van der Waals surface area contributed by atoms with Gasteiger partial charge in [0.15, 0.2) is 0 Å². The molecule has 1 aromatic carbocycles. The number of nitrogens with zero attached hydrogens (tertiary/aromatic N) is 4. The minimum atomic E-state index is -0.305. The summed E-state index contributed by atoms with van der Waals surface area (Å²) in [5.74, 6) is 0.220. The number of halogens is 1. The van der Waals surface area contributed by atoms with Crippen LogP contribution in [0.4, 0.5) is 5.69 Å². The first-order valence-electron chi connectivity index (χ1n) is 9.37. The number of benzene rings is 1. The number of hydrogen-bond donors (Lipinski definition) is 0. The zero-order valence-corrected chi connectivity index (χ0v) is 16.1. The van der Waals surface area contributed by atoms with Crippen molar-refractivity contribution in [3.63, 3.8) is 0 Å². The molecule has 0 spiro atoms. The molecule has 3 heterocycles. The van der Waals surface area contributed by atoms with Crippen LogP contribution in [-0.4, -0.2) is 52.4 Å². The van der Waals surface area contributed by atoms with E-state index in [1.54, 1.807) is 35.6 Å². The minimum absolute atomic E-state index is 0.0246. The molecule has 0 bridgehead atoms. The molecule has 0 N–H and O–H groups in total. The second-order valence-electron chi connectivity index (χ2n) is 7.07. The van der Waals surface area contributed by atoms with Crippen molar-refractivity contribution in [2.45, 2.75) is 25.4 Å². The minimum Gasteiger partial charge on any atom is -0.473 e. The van der Waals surface area contributed by atoms with Crippen molar-refractivity contribution in [1.29, 1.82) is 0 Å². The SMILES string of the molecule is O=C([C@@H]1CC(=O)N(c2ccc(Cl)cc2)C1)N1CCC(Oc2cnccn2)CC1. The van der Waals surface area contributed by atoms with E-state index in [1.165, 1.54) is 0 Å². The Balaban J connectivity index is 1.32. The van der Waals surface area contributed by atoms with Crippen molar-refractivity contribution in [3.8, 4) is 5.88 Å². The van der Waals surface area contributed by atoms with Crippen LogP contribution < -0.4 is 9.64 Å². The number of likely N-dealkylation sites (tertiary alicyclic amines) is 1. The maximum Gasteiger partial charge on any atom is 0.232 e. The first kappa shape index (κ1) is 18.7. The van der Waals surface area contributed by atoms with Crippen molar-refractivity contribution in [2.75, 3.05) is 24.5 Å².